The van der Waals surface area contributed by atoms with E-state index in [1.807, 2.05) is 12.1 Å². The fourth-order valence-corrected chi connectivity index (χ4v) is 1.66. The third-order valence-corrected chi connectivity index (χ3v) is 3.03. The van der Waals surface area contributed by atoms with E-state index in [-0.39, 0.29) is 13.6 Å². The first-order chi connectivity index (χ1) is 10.3. The zero-order chi connectivity index (χ0) is 15.3. The molecule has 0 aliphatic carbocycles. The number of ether oxygens (including phenoxy) is 6. The van der Waals surface area contributed by atoms with Gasteiger partial charge in [0, 0.05) is 20.3 Å². The predicted octanol–water partition coefficient (Wildman–Crippen LogP) is 2.45. The second-order valence-electron chi connectivity index (χ2n) is 3.92. The Morgan fingerprint density at radius 2 is 1.48 bits per heavy atom. The van der Waals surface area contributed by atoms with Crippen LogP contribution < -0.4 is 9.47 Å². The van der Waals surface area contributed by atoms with Crippen molar-refractivity contribution in [3.8, 4) is 11.5 Å². The molecule has 7 heteroatoms. The van der Waals surface area contributed by atoms with Crippen molar-refractivity contribution < 1.29 is 28.4 Å². The first-order valence-electron chi connectivity index (χ1n) is 6.46. The first kappa shape index (κ1) is 18.2. The molecule has 0 aliphatic rings. The van der Waals surface area contributed by atoms with Gasteiger partial charge < -0.3 is 28.4 Å². The first-order valence-corrected chi connectivity index (χ1v) is 7.25. The summed E-state index contributed by atoms with van der Waals surface area (Å²) in [5, 5.41) is 0. The fraction of sp³-hybridized carbons (Fsp3) is 0.571. The average Bonchev–Trinajstić information content (AvgIpc) is 2.49. The van der Waals surface area contributed by atoms with E-state index in [1.165, 1.54) is 0 Å². The normalized spacial score (nSPS) is 10.6. The number of rotatable bonds is 12. The molecule has 0 bridgehead atoms. The maximum atomic E-state index is 5.50. The standard InChI is InChI=1S/C14H21BrO6/c1-16-5-7-18-10-20-12-3-4-13(15)14(9-12)21-11-19-8-6-17-2/h3-4,9H,5-8,10-11H2,1-2H3. The number of hydrogen-bond acceptors (Lipinski definition) is 6. The Hall–Kier alpha value is -0.860. The molecule has 1 aromatic carbocycles. The molecule has 0 saturated heterocycles. The van der Waals surface area contributed by atoms with Crippen LogP contribution >= 0.6 is 15.9 Å². The lowest BCUT2D eigenvalue weighted by atomic mass is 10.3. The lowest BCUT2D eigenvalue weighted by Crippen LogP contribution is -2.09. The monoisotopic (exact) mass is 364 g/mol. The van der Waals surface area contributed by atoms with Crippen molar-refractivity contribution in [2.75, 3.05) is 54.2 Å². The van der Waals surface area contributed by atoms with E-state index in [0.29, 0.717) is 37.9 Å². The van der Waals surface area contributed by atoms with Crippen LogP contribution in [0.5, 0.6) is 11.5 Å². The third kappa shape index (κ3) is 8.23. The summed E-state index contributed by atoms with van der Waals surface area (Å²) in [6.07, 6.45) is 0. The highest BCUT2D eigenvalue weighted by Gasteiger charge is 2.04. The van der Waals surface area contributed by atoms with E-state index < -0.39 is 0 Å². The Morgan fingerprint density at radius 3 is 2.10 bits per heavy atom. The van der Waals surface area contributed by atoms with Crippen molar-refractivity contribution in [1.82, 2.24) is 0 Å². The van der Waals surface area contributed by atoms with Crippen molar-refractivity contribution in [2.45, 2.75) is 0 Å². The van der Waals surface area contributed by atoms with Crippen molar-refractivity contribution in [1.29, 1.82) is 0 Å². The molecule has 120 valence electrons. The van der Waals surface area contributed by atoms with Gasteiger partial charge in [-0.25, -0.2) is 0 Å². The fourth-order valence-electron chi connectivity index (χ4n) is 1.30. The lowest BCUT2D eigenvalue weighted by Gasteiger charge is -2.11. The molecule has 0 spiro atoms. The molecule has 0 heterocycles. The van der Waals surface area contributed by atoms with Gasteiger partial charge in [-0.15, -0.1) is 0 Å². The Labute approximate surface area is 133 Å². The Bertz CT molecular complexity index is 388. The van der Waals surface area contributed by atoms with Crippen LogP contribution in [0.2, 0.25) is 0 Å². The van der Waals surface area contributed by atoms with Gasteiger partial charge in [-0.3, -0.25) is 0 Å². The molecule has 1 aromatic rings. The molecule has 0 amide bonds. The van der Waals surface area contributed by atoms with Gasteiger partial charge in [0.05, 0.1) is 30.9 Å². The molecule has 0 fully saturated rings. The molecule has 0 unspecified atom stereocenters. The zero-order valence-electron chi connectivity index (χ0n) is 12.3. The second kappa shape index (κ2) is 11.8. The highest BCUT2D eigenvalue weighted by atomic mass is 79.9. The van der Waals surface area contributed by atoms with Gasteiger partial charge in [0.15, 0.2) is 13.6 Å². The number of methoxy groups -OCH3 is 2. The minimum Gasteiger partial charge on any atom is -0.467 e. The van der Waals surface area contributed by atoms with Gasteiger partial charge >= 0.3 is 0 Å². The smallest absolute Gasteiger partial charge is 0.189 e. The second-order valence-corrected chi connectivity index (χ2v) is 4.77. The molecule has 0 atom stereocenters. The molecular weight excluding hydrogens is 344 g/mol. The molecule has 21 heavy (non-hydrogen) atoms. The lowest BCUT2D eigenvalue weighted by molar-refractivity contribution is -0.0118. The van der Waals surface area contributed by atoms with Crippen LogP contribution in [0.1, 0.15) is 0 Å². The molecule has 6 nitrogen and oxygen atoms in total. The Kier molecular flexibility index (Phi) is 10.2. The van der Waals surface area contributed by atoms with Crippen LogP contribution in [0.15, 0.2) is 22.7 Å². The molecule has 0 saturated carbocycles. The summed E-state index contributed by atoms with van der Waals surface area (Å²) in [5.74, 6) is 1.30. The van der Waals surface area contributed by atoms with E-state index in [1.54, 1.807) is 20.3 Å². The summed E-state index contributed by atoms with van der Waals surface area (Å²) < 4.78 is 32.0. The minimum atomic E-state index is 0.149. The van der Waals surface area contributed by atoms with Gasteiger partial charge in [-0.2, -0.15) is 0 Å². The topological polar surface area (TPSA) is 55.4 Å². The van der Waals surface area contributed by atoms with Crippen LogP contribution in [0.3, 0.4) is 0 Å². The quantitative estimate of drug-likeness (QED) is 0.419. The summed E-state index contributed by atoms with van der Waals surface area (Å²) >= 11 is 3.41. The third-order valence-electron chi connectivity index (χ3n) is 2.37. The summed E-state index contributed by atoms with van der Waals surface area (Å²) in [4.78, 5) is 0. The maximum Gasteiger partial charge on any atom is 0.189 e. The van der Waals surface area contributed by atoms with Crippen LogP contribution in [-0.2, 0) is 18.9 Å². The van der Waals surface area contributed by atoms with Crippen molar-refractivity contribution in [3.05, 3.63) is 22.7 Å². The summed E-state index contributed by atoms with van der Waals surface area (Å²) in [7, 11) is 3.24. The maximum absolute atomic E-state index is 5.50. The summed E-state index contributed by atoms with van der Waals surface area (Å²) in [6, 6.07) is 5.43. The van der Waals surface area contributed by atoms with Crippen molar-refractivity contribution in [3.63, 3.8) is 0 Å². The molecular formula is C14H21BrO6. The van der Waals surface area contributed by atoms with E-state index in [0.717, 1.165) is 4.47 Å². The van der Waals surface area contributed by atoms with E-state index >= 15 is 0 Å². The minimum absolute atomic E-state index is 0.149. The molecule has 0 aliphatic heterocycles. The Balaban J connectivity index is 2.33. The zero-order valence-corrected chi connectivity index (χ0v) is 13.9. The van der Waals surface area contributed by atoms with E-state index in [2.05, 4.69) is 15.9 Å². The number of halogens is 1. The molecule has 0 aromatic heterocycles. The van der Waals surface area contributed by atoms with Gasteiger partial charge in [0.25, 0.3) is 0 Å². The average molecular weight is 365 g/mol. The molecule has 0 N–H and O–H groups in total. The highest BCUT2D eigenvalue weighted by molar-refractivity contribution is 9.10. The van der Waals surface area contributed by atoms with Crippen LogP contribution in [0, 0.1) is 0 Å². The van der Waals surface area contributed by atoms with Gasteiger partial charge in [-0.1, -0.05) is 0 Å². The highest BCUT2D eigenvalue weighted by Crippen LogP contribution is 2.29. The van der Waals surface area contributed by atoms with Gasteiger partial charge in [0.1, 0.15) is 11.5 Å². The largest absolute Gasteiger partial charge is 0.467 e. The predicted molar refractivity (Wildman–Crippen MR) is 80.8 cm³/mol. The SMILES string of the molecule is COCCOCOc1ccc(Br)c(OCOCCOC)c1. The van der Waals surface area contributed by atoms with Crippen LogP contribution in [-0.4, -0.2) is 54.2 Å². The van der Waals surface area contributed by atoms with Gasteiger partial charge in [0.2, 0.25) is 0 Å². The molecule has 0 radical (unpaired) electrons. The summed E-state index contributed by atoms with van der Waals surface area (Å²) in [5.41, 5.74) is 0. The van der Waals surface area contributed by atoms with Crippen molar-refractivity contribution >= 4 is 15.9 Å². The van der Waals surface area contributed by atoms with Crippen LogP contribution in [0.25, 0.3) is 0 Å². The Morgan fingerprint density at radius 1 is 0.857 bits per heavy atom. The molecule has 1 rings (SSSR count). The van der Waals surface area contributed by atoms with E-state index in [9.17, 15) is 0 Å². The van der Waals surface area contributed by atoms with E-state index in [4.69, 9.17) is 28.4 Å². The van der Waals surface area contributed by atoms with Crippen LogP contribution in [0.4, 0.5) is 0 Å². The van der Waals surface area contributed by atoms with Gasteiger partial charge in [-0.05, 0) is 28.1 Å². The summed E-state index contributed by atoms with van der Waals surface area (Å²) in [6.45, 7) is 2.36. The number of benzene rings is 1. The van der Waals surface area contributed by atoms with Crippen molar-refractivity contribution in [2.24, 2.45) is 0 Å². The number of hydrogen-bond donors (Lipinski definition) is 0.